The average Bonchev–Trinajstić information content (AvgIpc) is 2.91. The van der Waals surface area contributed by atoms with Gasteiger partial charge in [-0.25, -0.2) is 4.98 Å². The highest BCUT2D eigenvalue weighted by molar-refractivity contribution is 6.30. The van der Waals surface area contributed by atoms with Gasteiger partial charge in [0.1, 0.15) is 12.4 Å². The van der Waals surface area contributed by atoms with E-state index in [-0.39, 0.29) is 12.5 Å². The fourth-order valence-corrected chi connectivity index (χ4v) is 2.83. The molecule has 0 aliphatic rings. The molecule has 5 heteroatoms. The maximum Gasteiger partial charge on any atom is 0.240 e. The van der Waals surface area contributed by atoms with Crippen LogP contribution in [0.25, 0.3) is 11.0 Å². The van der Waals surface area contributed by atoms with Gasteiger partial charge in [-0.1, -0.05) is 42.8 Å². The van der Waals surface area contributed by atoms with Crippen LogP contribution in [0.2, 0.25) is 5.02 Å². The molecule has 0 aliphatic carbocycles. The summed E-state index contributed by atoms with van der Waals surface area (Å²) in [5.41, 5.74) is 2.89. The van der Waals surface area contributed by atoms with Crippen molar-refractivity contribution in [3.05, 3.63) is 64.9 Å². The molecule has 3 aromatic rings. The minimum atomic E-state index is -0.0390. The summed E-state index contributed by atoms with van der Waals surface area (Å²) in [4.78, 5) is 16.9. The Kier molecular flexibility index (Phi) is 4.63. The van der Waals surface area contributed by atoms with Gasteiger partial charge in [-0.3, -0.25) is 4.79 Å². The Labute approximate surface area is 140 Å². The summed E-state index contributed by atoms with van der Waals surface area (Å²) in [5, 5.41) is 3.61. The lowest BCUT2D eigenvalue weighted by atomic mass is 10.2. The van der Waals surface area contributed by atoms with E-state index in [4.69, 9.17) is 11.6 Å². The van der Waals surface area contributed by atoms with E-state index in [1.54, 1.807) is 0 Å². The summed E-state index contributed by atoms with van der Waals surface area (Å²) in [6.07, 6.45) is 0.788. The molecule has 1 amide bonds. The van der Waals surface area contributed by atoms with Crippen LogP contribution in [-0.4, -0.2) is 15.5 Å². The molecule has 1 heterocycles. The van der Waals surface area contributed by atoms with Crippen molar-refractivity contribution in [2.75, 3.05) is 0 Å². The summed E-state index contributed by atoms with van der Waals surface area (Å²) < 4.78 is 1.97. The highest BCUT2D eigenvalue weighted by atomic mass is 35.5. The van der Waals surface area contributed by atoms with E-state index >= 15 is 0 Å². The molecule has 0 spiro atoms. The zero-order valence-corrected chi connectivity index (χ0v) is 13.7. The molecule has 0 aliphatic heterocycles. The Morgan fingerprint density at radius 3 is 2.83 bits per heavy atom. The van der Waals surface area contributed by atoms with Gasteiger partial charge in [0.15, 0.2) is 0 Å². The number of amides is 1. The molecule has 0 unspecified atom stereocenters. The first-order valence-corrected chi connectivity index (χ1v) is 8.00. The van der Waals surface area contributed by atoms with Crippen LogP contribution in [0.5, 0.6) is 0 Å². The van der Waals surface area contributed by atoms with E-state index in [0.717, 1.165) is 28.8 Å². The lowest BCUT2D eigenvalue weighted by Gasteiger charge is -2.09. The van der Waals surface area contributed by atoms with Crippen LogP contribution < -0.4 is 5.32 Å². The van der Waals surface area contributed by atoms with Crippen molar-refractivity contribution in [2.24, 2.45) is 0 Å². The number of hydrogen-bond donors (Lipinski definition) is 1. The van der Waals surface area contributed by atoms with E-state index < -0.39 is 0 Å². The summed E-state index contributed by atoms with van der Waals surface area (Å²) in [5.74, 6) is 0.881. The molecule has 23 heavy (non-hydrogen) atoms. The van der Waals surface area contributed by atoms with Crippen molar-refractivity contribution in [1.29, 1.82) is 0 Å². The molecular weight excluding hydrogens is 310 g/mol. The number of fused-ring (bicyclic) bond motifs is 1. The standard InChI is InChI=1S/C18H18ClN3O/c1-2-17-21-15-8-3-4-9-16(15)22(17)12-18(23)20-11-13-6-5-7-14(19)10-13/h3-10H,2,11-12H2,1H3,(H,20,23). The molecule has 0 saturated heterocycles. The zero-order valence-electron chi connectivity index (χ0n) is 12.9. The van der Waals surface area contributed by atoms with Crippen molar-refractivity contribution in [2.45, 2.75) is 26.4 Å². The highest BCUT2D eigenvalue weighted by Crippen LogP contribution is 2.16. The maximum absolute atomic E-state index is 12.3. The number of nitrogens with zero attached hydrogens (tertiary/aromatic N) is 2. The maximum atomic E-state index is 12.3. The molecule has 4 nitrogen and oxygen atoms in total. The third kappa shape index (κ3) is 3.54. The minimum absolute atomic E-state index is 0.0390. The molecule has 0 fully saturated rings. The molecule has 1 aromatic heterocycles. The number of aromatic nitrogens is 2. The number of para-hydroxylation sites is 2. The van der Waals surface area contributed by atoms with Crippen LogP contribution >= 0.6 is 11.6 Å². The van der Waals surface area contributed by atoms with Crippen LogP contribution in [0.1, 0.15) is 18.3 Å². The molecule has 3 rings (SSSR count). The molecule has 0 bridgehead atoms. The highest BCUT2D eigenvalue weighted by Gasteiger charge is 2.12. The van der Waals surface area contributed by atoms with Crippen molar-refractivity contribution >= 4 is 28.5 Å². The van der Waals surface area contributed by atoms with Gasteiger partial charge in [-0.15, -0.1) is 0 Å². The minimum Gasteiger partial charge on any atom is -0.350 e. The molecule has 0 radical (unpaired) electrons. The van der Waals surface area contributed by atoms with Crippen LogP contribution in [0.15, 0.2) is 48.5 Å². The summed E-state index contributed by atoms with van der Waals surface area (Å²) in [6, 6.07) is 15.4. The first-order chi connectivity index (χ1) is 11.2. The second-order valence-electron chi connectivity index (χ2n) is 5.36. The van der Waals surface area contributed by atoms with E-state index in [9.17, 15) is 4.79 Å². The molecular formula is C18H18ClN3O. The van der Waals surface area contributed by atoms with E-state index in [1.807, 2.05) is 60.0 Å². The Hall–Kier alpha value is -2.33. The number of imidazole rings is 1. The Balaban J connectivity index is 1.73. The molecule has 118 valence electrons. The lowest BCUT2D eigenvalue weighted by molar-refractivity contribution is -0.121. The van der Waals surface area contributed by atoms with Gasteiger partial charge in [0, 0.05) is 18.0 Å². The Morgan fingerprint density at radius 1 is 1.22 bits per heavy atom. The van der Waals surface area contributed by atoms with Crippen molar-refractivity contribution in [3.8, 4) is 0 Å². The van der Waals surface area contributed by atoms with Gasteiger partial charge in [0.05, 0.1) is 11.0 Å². The topological polar surface area (TPSA) is 46.9 Å². The van der Waals surface area contributed by atoms with Crippen molar-refractivity contribution in [3.63, 3.8) is 0 Å². The number of halogens is 1. The normalized spacial score (nSPS) is 10.9. The largest absolute Gasteiger partial charge is 0.350 e. The fraction of sp³-hybridized carbons (Fsp3) is 0.222. The number of carbonyl (C=O) groups excluding carboxylic acids is 1. The fourth-order valence-electron chi connectivity index (χ4n) is 2.62. The summed E-state index contributed by atoms with van der Waals surface area (Å²) in [6.45, 7) is 2.78. The Bertz CT molecular complexity index is 841. The van der Waals surface area contributed by atoms with Gasteiger partial charge in [0.2, 0.25) is 5.91 Å². The summed E-state index contributed by atoms with van der Waals surface area (Å²) in [7, 11) is 0. The second-order valence-corrected chi connectivity index (χ2v) is 5.80. The number of hydrogen-bond acceptors (Lipinski definition) is 2. The molecule has 1 N–H and O–H groups in total. The van der Waals surface area contributed by atoms with Crippen molar-refractivity contribution < 1.29 is 4.79 Å². The molecule has 0 saturated carbocycles. The van der Waals surface area contributed by atoms with Gasteiger partial charge >= 0.3 is 0 Å². The third-order valence-electron chi connectivity index (χ3n) is 3.73. The SMILES string of the molecule is CCc1nc2ccccc2n1CC(=O)NCc1cccc(Cl)c1. The number of benzene rings is 2. The predicted molar refractivity (Wildman–Crippen MR) is 92.4 cm³/mol. The van der Waals surface area contributed by atoms with Gasteiger partial charge < -0.3 is 9.88 Å². The lowest BCUT2D eigenvalue weighted by Crippen LogP contribution is -2.27. The number of carbonyl (C=O) groups is 1. The first kappa shape index (κ1) is 15.6. The number of rotatable bonds is 5. The Morgan fingerprint density at radius 2 is 2.04 bits per heavy atom. The zero-order chi connectivity index (χ0) is 16.2. The van der Waals surface area contributed by atoms with Gasteiger partial charge in [-0.2, -0.15) is 0 Å². The van der Waals surface area contributed by atoms with E-state index in [0.29, 0.717) is 11.6 Å². The summed E-state index contributed by atoms with van der Waals surface area (Å²) >= 11 is 5.96. The van der Waals surface area contributed by atoms with Crippen LogP contribution in [0.4, 0.5) is 0 Å². The van der Waals surface area contributed by atoms with Gasteiger partial charge in [-0.05, 0) is 29.8 Å². The number of aryl methyl sites for hydroxylation is 1. The average molecular weight is 328 g/mol. The smallest absolute Gasteiger partial charge is 0.240 e. The van der Waals surface area contributed by atoms with E-state index in [1.165, 1.54) is 0 Å². The third-order valence-corrected chi connectivity index (χ3v) is 3.97. The second kappa shape index (κ2) is 6.84. The van der Waals surface area contributed by atoms with Crippen LogP contribution in [-0.2, 0) is 24.3 Å². The molecule has 2 aromatic carbocycles. The molecule has 0 atom stereocenters. The first-order valence-electron chi connectivity index (χ1n) is 7.62. The quantitative estimate of drug-likeness (QED) is 0.778. The van der Waals surface area contributed by atoms with E-state index in [2.05, 4.69) is 10.3 Å². The van der Waals surface area contributed by atoms with Crippen LogP contribution in [0.3, 0.4) is 0 Å². The monoisotopic (exact) mass is 327 g/mol. The van der Waals surface area contributed by atoms with Gasteiger partial charge in [0.25, 0.3) is 0 Å². The van der Waals surface area contributed by atoms with Crippen molar-refractivity contribution in [1.82, 2.24) is 14.9 Å². The number of nitrogens with one attached hydrogen (secondary N) is 1. The predicted octanol–water partition coefficient (Wildman–Crippen LogP) is 3.57. The van der Waals surface area contributed by atoms with Crippen LogP contribution in [0, 0.1) is 0 Å².